The number of hydrogen-bond acceptors (Lipinski definition) is 5. The van der Waals surface area contributed by atoms with Gasteiger partial charge in [0, 0.05) is 13.1 Å². The number of hydrogen-bond donors (Lipinski definition) is 1. The number of nitrogens with one attached hydrogen (secondary N) is 1. The maximum atomic E-state index is 12.8. The Kier molecular flexibility index (Phi) is 5.07. The van der Waals surface area contributed by atoms with Crippen LogP contribution in [0.25, 0.3) is 0 Å². The van der Waals surface area contributed by atoms with Gasteiger partial charge in [-0.25, -0.2) is 18.1 Å². The van der Waals surface area contributed by atoms with E-state index < -0.39 is 15.9 Å². The lowest BCUT2D eigenvalue weighted by Gasteiger charge is -2.29. The standard InChI is InChI=1S/C12H16FN3O3S2/c1-21(18,19)16-6-2-3-9(8-16)12(17)15-14-7-10-4-5-11(13)20-10/h4-5,7,9H,2-3,6,8H2,1H3,(H,15,17)/b14-7-/t9-/m0/s1. The summed E-state index contributed by atoms with van der Waals surface area (Å²) in [6.07, 6.45) is 3.77. The van der Waals surface area contributed by atoms with Crippen LogP contribution in [0.4, 0.5) is 4.39 Å². The summed E-state index contributed by atoms with van der Waals surface area (Å²) in [6, 6.07) is 2.88. The topological polar surface area (TPSA) is 78.8 Å². The van der Waals surface area contributed by atoms with Crippen LogP contribution in [-0.2, 0) is 14.8 Å². The molecule has 0 spiro atoms. The van der Waals surface area contributed by atoms with Crippen LogP contribution in [0.1, 0.15) is 17.7 Å². The van der Waals surface area contributed by atoms with Crippen LogP contribution in [0.3, 0.4) is 0 Å². The molecule has 0 unspecified atom stereocenters. The van der Waals surface area contributed by atoms with Crippen molar-refractivity contribution >= 4 is 33.5 Å². The van der Waals surface area contributed by atoms with Gasteiger partial charge in [-0.15, -0.1) is 11.3 Å². The molecular weight excluding hydrogens is 317 g/mol. The van der Waals surface area contributed by atoms with Crippen LogP contribution in [0.5, 0.6) is 0 Å². The maximum absolute atomic E-state index is 12.8. The number of carbonyl (C=O) groups excluding carboxylic acids is 1. The highest BCUT2D eigenvalue weighted by molar-refractivity contribution is 7.88. The van der Waals surface area contributed by atoms with Crippen molar-refractivity contribution < 1.29 is 17.6 Å². The number of piperidine rings is 1. The second-order valence-electron chi connectivity index (χ2n) is 4.84. The van der Waals surface area contributed by atoms with E-state index in [9.17, 15) is 17.6 Å². The molecule has 1 atom stereocenters. The number of rotatable bonds is 4. The molecule has 6 nitrogen and oxygen atoms in total. The summed E-state index contributed by atoms with van der Waals surface area (Å²) >= 11 is 0.924. The van der Waals surface area contributed by atoms with Crippen LogP contribution in [0, 0.1) is 11.0 Å². The van der Waals surface area contributed by atoms with E-state index in [1.165, 1.54) is 16.6 Å². The van der Waals surface area contributed by atoms with Crippen molar-refractivity contribution in [1.82, 2.24) is 9.73 Å². The van der Waals surface area contributed by atoms with Gasteiger partial charge in [0.2, 0.25) is 15.9 Å². The predicted molar refractivity (Wildman–Crippen MR) is 79.2 cm³/mol. The highest BCUT2D eigenvalue weighted by Gasteiger charge is 2.29. The molecule has 1 fully saturated rings. The number of sulfonamides is 1. The number of amides is 1. The first kappa shape index (κ1) is 16.1. The van der Waals surface area contributed by atoms with E-state index in [-0.39, 0.29) is 17.6 Å². The minimum atomic E-state index is -3.28. The largest absolute Gasteiger partial charge is 0.273 e. The molecule has 1 saturated heterocycles. The smallest absolute Gasteiger partial charge is 0.244 e. The predicted octanol–water partition coefficient (Wildman–Crippen LogP) is 1.01. The molecule has 1 aromatic heterocycles. The van der Waals surface area contributed by atoms with Gasteiger partial charge in [-0.3, -0.25) is 4.79 Å². The Balaban J connectivity index is 1.89. The molecule has 9 heteroatoms. The quantitative estimate of drug-likeness (QED) is 0.660. The number of hydrazone groups is 1. The van der Waals surface area contributed by atoms with E-state index in [1.54, 1.807) is 6.07 Å². The number of thiophene rings is 1. The molecule has 1 aliphatic heterocycles. The Hall–Kier alpha value is -1.32. The van der Waals surface area contributed by atoms with Gasteiger partial charge in [-0.05, 0) is 25.0 Å². The average molecular weight is 333 g/mol. The molecule has 0 aliphatic carbocycles. The third-order valence-electron chi connectivity index (χ3n) is 3.18. The maximum Gasteiger partial charge on any atom is 0.244 e. The zero-order chi connectivity index (χ0) is 15.5. The monoisotopic (exact) mass is 333 g/mol. The van der Waals surface area contributed by atoms with Crippen molar-refractivity contribution in [3.63, 3.8) is 0 Å². The van der Waals surface area contributed by atoms with Crippen LogP contribution in [-0.4, -0.2) is 44.2 Å². The minimum Gasteiger partial charge on any atom is -0.273 e. The number of nitrogens with zero attached hydrogens (tertiary/aromatic N) is 2. The molecule has 21 heavy (non-hydrogen) atoms. The van der Waals surface area contributed by atoms with Crippen molar-refractivity contribution in [2.24, 2.45) is 11.0 Å². The molecule has 116 valence electrons. The third kappa shape index (κ3) is 4.58. The van der Waals surface area contributed by atoms with Gasteiger partial charge >= 0.3 is 0 Å². The van der Waals surface area contributed by atoms with Gasteiger partial charge in [0.25, 0.3) is 0 Å². The summed E-state index contributed by atoms with van der Waals surface area (Å²) in [4.78, 5) is 12.5. The zero-order valence-corrected chi connectivity index (χ0v) is 13.1. The van der Waals surface area contributed by atoms with Gasteiger partial charge < -0.3 is 0 Å². The van der Waals surface area contributed by atoms with Crippen molar-refractivity contribution in [2.45, 2.75) is 12.8 Å². The fourth-order valence-corrected chi connectivity index (χ4v) is 3.62. The Morgan fingerprint density at radius 2 is 2.33 bits per heavy atom. The van der Waals surface area contributed by atoms with Gasteiger partial charge in [0.15, 0.2) is 5.13 Å². The summed E-state index contributed by atoms with van der Waals surface area (Å²) in [5.41, 5.74) is 2.38. The van der Waals surface area contributed by atoms with Gasteiger partial charge in [0.05, 0.1) is 23.3 Å². The highest BCUT2D eigenvalue weighted by atomic mass is 32.2. The first-order valence-corrected chi connectivity index (χ1v) is 9.06. The van der Waals surface area contributed by atoms with Gasteiger partial charge in [-0.2, -0.15) is 9.49 Å². The van der Waals surface area contributed by atoms with E-state index in [2.05, 4.69) is 10.5 Å². The van der Waals surface area contributed by atoms with Crippen molar-refractivity contribution in [3.8, 4) is 0 Å². The fraction of sp³-hybridized carbons (Fsp3) is 0.500. The lowest BCUT2D eigenvalue weighted by molar-refractivity contribution is -0.126. The Bertz CT molecular complexity index is 642. The normalized spacial score (nSPS) is 20.8. The van der Waals surface area contributed by atoms with Gasteiger partial charge in [-0.1, -0.05) is 0 Å². The van der Waals surface area contributed by atoms with E-state index in [0.29, 0.717) is 24.3 Å². The molecular formula is C12H16FN3O3S2. The van der Waals surface area contributed by atoms with Crippen molar-refractivity contribution in [2.75, 3.05) is 19.3 Å². The summed E-state index contributed by atoms with van der Waals surface area (Å²) in [6.45, 7) is 0.619. The van der Waals surface area contributed by atoms with Crippen LogP contribution in [0.2, 0.25) is 0 Å². The highest BCUT2D eigenvalue weighted by Crippen LogP contribution is 2.18. The van der Waals surface area contributed by atoms with Crippen molar-refractivity contribution in [3.05, 3.63) is 22.1 Å². The average Bonchev–Trinajstić information content (AvgIpc) is 2.83. The molecule has 0 aromatic carbocycles. The summed E-state index contributed by atoms with van der Waals surface area (Å²) < 4.78 is 37.0. The second-order valence-corrected chi connectivity index (χ2v) is 7.88. The number of halogens is 1. The van der Waals surface area contributed by atoms with Crippen LogP contribution >= 0.6 is 11.3 Å². The molecule has 1 aliphatic rings. The first-order chi connectivity index (χ1) is 9.86. The van der Waals surface area contributed by atoms with Crippen molar-refractivity contribution in [1.29, 1.82) is 0 Å². The molecule has 2 heterocycles. The summed E-state index contributed by atoms with van der Waals surface area (Å²) in [7, 11) is -3.28. The Morgan fingerprint density at radius 3 is 2.95 bits per heavy atom. The van der Waals surface area contributed by atoms with E-state index in [4.69, 9.17) is 0 Å². The number of carbonyl (C=O) groups is 1. The minimum absolute atomic E-state index is 0.174. The SMILES string of the molecule is CS(=O)(=O)N1CCC[C@H](C(=O)N/N=C\c2ccc(F)s2)C1. The molecule has 1 aromatic rings. The second kappa shape index (κ2) is 6.63. The fourth-order valence-electron chi connectivity index (χ4n) is 2.11. The molecule has 1 amide bonds. The van der Waals surface area contributed by atoms with Crippen LogP contribution < -0.4 is 5.43 Å². The van der Waals surface area contributed by atoms with Crippen LogP contribution in [0.15, 0.2) is 17.2 Å². The Morgan fingerprint density at radius 1 is 1.57 bits per heavy atom. The zero-order valence-electron chi connectivity index (χ0n) is 11.5. The Labute approximate surface area is 126 Å². The molecule has 1 N–H and O–H groups in total. The molecule has 2 rings (SSSR count). The first-order valence-electron chi connectivity index (χ1n) is 6.39. The van der Waals surface area contributed by atoms with E-state index in [1.807, 2.05) is 0 Å². The third-order valence-corrected chi connectivity index (χ3v) is 5.26. The molecule has 0 saturated carbocycles. The molecule has 0 radical (unpaired) electrons. The van der Waals surface area contributed by atoms with E-state index >= 15 is 0 Å². The van der Waals surface area contributed by atoms with Gasteiger partial charge in [0.1, 0.15) is 0 Å². The lowest BCUT2D eigenvalue weighted by Crippen LogP contribution is -2.44. The summed E-state index contributed by atoms with van der Waals surface area (Å²) in [5.74, 6) is -0.734. The molecule has 0 bridgehead atoms. The lowest BCUT2D eigenvalue weighted by atomic mass is 9.99. The summed E-state index contributed by atoms with van der Waals surface area (Å²) in [5, 5.41) is 3.45. The van der Waals surface area contributed by atoms with E-state index in [0.717, 1.165) is 17.6 Å².